The Morgan fingerprint density at radius 3 is 2.30 bits per heavy atom. The summed E-state index contributed by atoms with van der Waals surface area (Å²) < 4.78 is 13.0. The summed E-state index contributed by atoms with van der Waals surface area (Å²) in [6, 6.07) is 6.14. The molecule has 0 saturated heterocycles. The highest BCUT2D eigenvalue weighted by Gasteiger charge is 2.23. The summed E-state index contributed by atoms with van der Waals surface area (Å²) in [6.07, 6.45) is 2.90. The quantitative estimate of drug-likeness (QED) is 0.774. The van der Waals surface area contributed by atoms with Crippen molar-refractivity contribution in [2.24, 2.45) is 11.8 Å². The van der Waals surface area contributed by atoms with Gasteiger partial charge in [-0.2, -0.15) is 12.6 Å². The number of halogens is 1. The second kappa shape index (κ2) is 13.0. The second-order valence-corrected chi connectivity index (χ2v) is 4.16. The number of hydrogen-bond donors (Lipinski definition) is 2. The molecule has 2 nitrogen and oxygen atoms in total. The zero-order valence-electron chi connectivity index (χ0n) is 13.1. The fourth-order valence-corrected chi connectivity index (χ4v) is 1.73. The summed E-state index contributed by atoms with van der Waals surface area (Å²) in [7, 11) is 0. The number of carboxylic acid groups (broad SMARTS) is 1. The number of rotatable bonds is 5. The van der Waals surface area contributed by atoms with Crippen molar-refractivity contribution in [3.05, 3.63) is 35.6 Å². The Balaban J connectivity index is 0. The maximum Gasteiger partial charge on any atom is 0.307 e. The number of hydrogen-bond acceptors (Lipinski definition) is 2. The average Bonchev–Trinajstić information content (AvgIpc) is 2.48. The molecule has 0 spiro atoms. The third kappa shape index (κ3) is 8.20. The maximum atomic E-state index is 13.0. The monoisotopic (exact) mass is 302 g/mol. The molecule has 0 aliphatic heterocycles. The van der Waals surface area contributed by atoms with Crippen LogP contribution in [0.1, 0.15) is 39.7 Å². The van der Waals surface area contributed by atoms with Crippen molar-refractivity contribution in [2.75, 3.05) is 6.26 Å². The zero-order chi connectivity index (χ0) is 16.1. The van der Waals surface area contributed by atoms with E-state index in [0.29, 0.717) is 6.42 Å². The molecular formula is C16H27FO2S. The van der Waals surface area contributed by atoms with E-state index in [1.54, 1.807) is 18.4 Å². The first-order chi connectivity index (χ1) is 9.54. The van der Waals surface area contributed by atoms with E-state index in [1.807, 2.05) is 27.7 Å². The highest BCUT2D eigenvalue weighted by Crippen LogP contribution is 2.21. The predicted octanol–water partition coefficient (Wildman–Crippen LogP) is 4.69. The van der Waals surface area contributed by atoms with Gasteiger partial charge < -0.3 is 5.11 Å². The van der Waals surface area contributed by atoms with Crippen LogP contribution in [0.25, 0.3) is 0 Å². The van der Waals surface area contributed by atoms with Crippen molar-refractivity contribution >= 4 is 18.6 Å². The molecule has 4 heteroatoms. The molecule has 1 aromatic carbocycles. The Morgan fingerprint density at radius 2 is 1.90 bits per heavy atom. The van der Waals surface area contributed by atoms with Crippen molar-refractivity contribution in [1.82, 2.24) is 0 Å². The molecule has 1 rings (SSSR count). The Morgan fingerprint density at radius 1 is 1.35 bits per heavy atom. The van der Waals surface area contributed by atoms with Gasteiger partial charge in [0.25, 0.3) is 0 Å². The van der Waals surface area contributed by atoms with E-state index in [0.717, 1.165) is 12.0 Å². The molecule has 2 unspecified atom stereocenters. The summed E-state index contributed by atoms with van der Waals surface area (Å²) in [5, 5.41) is 9.11. The van der Waals surface area contributed by atoms with E-state index in [9.17, 15) is 9.18 Å². The lowest BCUT2D eigenvalue weighted by molar-refractivity contribution is -0.143. The Kier molecular flexibility index (Phi) is 13.8. The van der Waals surface area contributed by atoms with Crippen molar-refractivity contribution in [2.45, 2.75) is 40.5 Å². The summed E-state index contributed by atoms with van der Waals surface area (Å²) >= 11 is 3.53. The van der Waals surface area contributed by atoms with Gasteiger partial charge in [-0.1, -0.05) is 46.2 Å². The minimum absolute atomic E-state index is 0.0979. The zero-order valence-corrected chi connectivity index (χ0v) is 14.0. The first-order valence-electron chi connectivity index (χ1n) is 6.96. The first kappa shape index (κ1) is 21.3. The van der Waals surface area contributed by atoms with E-state index in [1.165, 1.54) is 12.1 Å². The molecule has 0 bridgehead atoms. The Labute approximate surface area is 127 Å². The van der Waals surface area contributed by atoms with Crippen LogP contribution in [0.15, 0.2) is 24.3 Å². The van der Waals surface area contributed by atoms with Gasteiger partial charge in [-0.25, -0.2) is 4.39 Å². The number of aliphatic carboxylic acids is 1. The molecule has 0 aliphatic carbocycles. The van der Waals surface area contributed by atoms with Gasteiger partial charge >= 0.3 is 5.97 Å². The van der Waals surface area contributed by atoms with Crippen LogP contribution >= 0.6 is 12.6 Å². The van der Waals surface area contributed by atoms with Crippen molar-refractivity contribution in [3.63, 3.8) is 0 Å². The van der Waals surface area contributed by atoms with Gasteiger partial charge in [-0.3, -0.25) is 4.79 Å². The van der Waals surface area contributed by atoms with Crippen molar-refractivity contribution < 1.29 is 14.3 Å². The third-order valence-electron chi connectivity index (χ3n) is 2.99. The fraction of sp³-hybridized carbons (Fsp3) is 0.562. The molecule has 0 radical (unpaired) electrons. The summed E-state index contributed by atoms with van der Waals surface area (Å²) in [4.78, 5) is 11.1. The summed E-state index contributed by atoms with van der Waals surface area (Å²) in [5.41, 5.74) is 0.743. The molecule has 1 aromatic rings. The van der Waals surface area contributed by atoms with Crippen LogP contribution < -0.4 is 0 Å². The molecule has 20 heavy (non-hydrogen) atoms. The Bertz CT molecular complexity index is 369. The highest BCUT2D eigenvalue weighted by atomic mass is 32.1. The maximum absolute atomic E-state index is 13.0. The molecule has 1 N–H and O–H groups in total. The molecule has 0 heterocycles. The molecule has 0 aromatic heterocycles. The van der Waals surface area contributed by atoms with Gasteiger partial charge in [-0.15, -0.1) is 0 Å². The van der Waals surface area contributed by atoms with E-state index >= 15 is 0 Å². The van der Waals surface area contributed by atoms with Crippen molar-refractivity contribution in [1.29, 1.82) is 0 Å². The number of benzene rings is 1. The van der Waals surface area contributed by atoms with Crippen LogP contribution in [-0.4, -0.2) is 17.3 Å². The van der Waals surface area contributed by atoms with Crippen LogP contribution in [0.3, 0.4) is 0 Å². The molecule has 2 atom stereocenters. The molecule has 0 aliphatic rings. The van der Waals surface area contributed by atoms with E-state index in [4.69, 9.17) is 5.11 Å². The predicted molar refractivity (Wildman–Crippen MR) is 86.9 cm³/mol. The lowest BCUT2D eigenvalue weighted by Gasteiger charge is -2.18. The summed E-state index contributed by atoms with van der Waals surface area (Å²) in [6.45, 7) is 7.88. The lowest BCUT2D eigenvalue weighted by atomic mass is 9.86. The SMILES string of the molecule is CC.CCC(C)C(Cc1cccc(F)c1)C(=O)O.CS. The van der Waals surface area contributed by atoms with Crippen LogP contribution in [-0.2, 0) is 11.2 Å². The van der Waals surface area contributed by atoms with E-state index < -0.39 is 11.9 Å². The third-order valence-corrected chi connectivity index (χ3v) is 2.99. The van der Waals surface area contributed by atoms with Gasteiger partial charge in [0, 0.05) is 0 Å². The molecule has 116 valence electrons. The normalized spacial score (nSPS) is 12.2. The molecule has 0 fully saturated rings. The summed E-state index contributed by atoms with van der Waals surface area (Å²) in [5.74, 6) is -1.46. The molecule has 0 amide bonds. The van der Waals surface area contributed by atoms with E-state index in [-0.39, 0.29) is 11.7 Å². The van der Waals surface area contributed by atoms with Gasteiger partial charge in [0.1, 0.15) is 5.82 Å². The van der Waals surface area contributed by atoms with Gasteiger partial charge in [0.15, 0.2) is 0 Å². The Hall–Kier alpha value is -1.03. The first-order valence-corrected chi connectivity index (χ1v) is 7.86. The van der Waals surface area contributed by atoms with Crippen LogP contribution in [0, 0.1) is 17.7 Å². The minimum atomic E-state index is -0.807. The van der Waals surface area contributed by atoms with Gasteiger partial charge in [-0.05, 0) is 36.3 Å². The average molecular weight is 302 g/mol. The topological polar surface area (TPSA) is 37.3 Å². The smallest absolute Gasteiger partial charge is 0.307 e. The van der Waals surface area contributed by atoms with Crippen LogP contribution in [0.4, 0.5) is 4.39 Å². The fourth-order valence-electron chi connectivity index (χ4n) is 1.73. The van der Waals surface area contributed by atoms with Crippen LogP contribution in [0.2, 0.25) is 0 Å². The number of carboxylic acids is 1. The van der Waals surface area contributed by atoms with Gasteiger partial charge in [0.2, 0.25) is 0 Å². The minimum Gasteiger partial charge on any atom is -0.481 e. The standard InChI is InChI=1S/C13H17FO2.C2H6.CH4S/c1-3-9(2)12(13(15)16)8-10-5-4-6-11(14)7-10;2*1-2/h4-7,9,12H,3,8H2,1-2H3,(H,15,16);1-2H3;2H,1H3. The lowest BCUT2D eigenvalue weighted by Crippen LogP contribution is -2.23. The molecular weight excluding hydrogens is 275 g/mol. The van der Waals surface area contributed by atoms with Gasteiger partial charge in [0.05, 0.1) is 5.92 Å². The number of carbonyl (C=O) groups is 1. The second-order valence-electron chi connectivity index (χ2n) is 4.16. The van der Waals surface area contributed by atoms with Crippen molar-refractivity contribution in [3.8, 4) is 0 Å². The van der Waals surface area contributed by atoms with Crippen LogP contribution in [0.5, 0.6) is 0 Å². The number of thiol groups is 1. The highest BCUT2D eigenvalue weighted by molar-refractivity contribution is 7.79. The van der Waals surface area contributed by atoms with E-state index in [2.05, 4.69) is 12.6 Å². The largest absolute Gasteiger partial charge is 0.481 e. The molecule has 0 saturated carbocycles.